The highest BCUT2D eigenvalue weighted by Crippen LogP contribution is 2.28. The van der Waals surface area contributed by atoms with Crippen molar-refractivity contribution in [3.63, 3.8) is 0 Å². The number of benzene rings is 1. The number of carbonyl (C=O) groups is 1. The molecule has 1 aromatic carbocycles. The highest BCUT2D eigenvalue weighted by molar-refractivity contribution is 5.70. The maximum absolute atomic E-state index is 13.2. The molecule has 74 valence electrons. The largest absolute Gasteiger partial charge is 0.481 e. The second-order valence-corrected chi connectivity index (χ2v) is 3.41. The maximum Gasteiger partial charge on any atom is 0.305 e. The number of nitrogens with one attached hydrogen (secondary N) is 1. The molecule has 2 N–H and O–H groups in total. The number of carboxylic acid groups (broad SMARTS) is 1. The van der Waals surface area contributed by atoms with E-state index < -0.39 is 5.97 Å². The molecule has 0 aliphatic carbocycles. The number of anilines is 1. The smallest absolute Gasteiger partial charge is 0.305 e. The zero-order chi connectivity index (χ0) is 10.1. The van der Waals surface area contributed by atoms with E-state index in [2.05, 4.69) is 5.32 Å². The molecule has 0 saturated carbocycles. The van der Waals surface area contributed by atoms with E-state index >= 15 is 0 Å². The first-order chi connectivity index (χ1) is 6.66. The number of halogens is 1. The van der Waals surface area contributed by atoms with Crippen LogP contribution in [0.5, 0.6) is 0 Å². The Balaban J connectivity index is 2.18. The van der Waals surface area contributed by atoms with Crippen LogP contribution in [0.2, 0.25) is 0 Å². The Morgan fingerprint density at radius 2 is 2.43 bits per heavy atom. The summed E-state index contributed by atoms with van der Waals surface area (Å²) in [5.41, 5.74) is 1.31. The van der Waals surface area contributed by atoms with E-state index in [4.69, 9.17) is 5.11 Å². The van der Waals surface area contributed by atoms with Crippen LogP contribution in [0.1, 0.15) is 12.0 Å². The second-order valence-electron chi connectivity index (χ2n) is 3.41. The fourth-order valence-electron chi connectivity index (χ4n) is 1.75. The molecule has 0 amide bonds. The summed E-state index contributed by atoms with van der Waals surface area (Å²) in [5, 5.41) is 11.6. The molecule has 2 rings (SSSR count). The van der Waals surface area contributed by atoms with E-state index in [9.17, 15) is 9.18 Å². The number of aliphatic carboxylic acids is 1. The lowest BCUT2D eigenvalue weighted by molar-refractivity contribution is -0.137. The van der Waals surface area contributed by atoms with Gasteiger partial charge in [-0.2, -0.15) is 0 Å². The third-order valence-electron chi connectivity index (χ3n) is 2.35. The van der Waals surface area contributed by atoms with Gasteiger partial charge < -0.3 is 10.4 Å². The third-order valence-corrected chi connectivity index (χ3v) is 2.35. The summed E-state index contributed by atoms with van der Waals surface area (Å²) in [5.74, 6) is -1.13. The topological polar surface area (TPSA) is 49.3 Å². The van der Waals surface area contributed by atoms with Crippen molar-refractivity contribution < 1.29 is 14.3 Å². The first kappa shape index (κ1) is 8.99. The van der Waals surface area contributed by atoms with Gasteiger partial charge in [0.05, 0.1) is 6.42 Å². The van der Waals surface area contributed by atoms with Crippen molar-refractivity contribution in [2.75, 3.05) is 5.32 Å². The molecular weight excluding hydrogens is 185 g/mol. The van der Waals surface area contributed by atoms with Crippen LogP contribution in [-0.2, 0) is 11.2 Å². The van der Waals surface area contributed by atoms with Crippen LogP contribution >= 0.6 is 0 Å². The van der Waals surface area contributed by atoms with Gasteiger partial charge in [0.2, 0.25) is 0 Å². The molecule has 1 aliphatic rings. The molecule has 0 aromatic heterocycles. The highest BCUT2D eigenvalue weighted by Gasteiger charge is 2.24. The zero-order valence-corrected chi connectivity index (χ0v) is 7.46. The average molecular weight is 195 g/mol. The van der Waals surface area contributed by atoms with Gasteiger partial charge in [0.15, 0.2) is 0 Å². The predicted octanol–water partition coefficient (Wildman–Crippen LogP) is 1.64. The Labute approximate surface area is 80.6 Å². The molecular formula is C10H10FNO2. The fourth-order valence-corrected chi connectivity index (χ4v) is 1.75. The SMILES string of the molecule is O=C(O)CC1Cc2c(F)cccc2N1. The summed E-state index contributed by atoms with van der Waals surface area (Å²) in [6, 6.07) is 4.59. The van der Waals surface area contributed by atoms with Crippen molar-refractivity contribution in [2.24, 2.45) is 0 Å². The molecule has 1 unspecified atom stereocenters. The molecule has 1 aromatic rings. The average Bonchev–Trinajstić information content (AvgIpc) is 2.47. The quantitative estimate of drug-likeness (QED) is 0.754. The minimum atomic E-state index is -0.865. The van der Waals surface area contributed by atoms with E-state index in [1.807, 2.05) is 0 Å². The first-order valence-corrected chi connectivity index (χ1v) is 4.42. The predicted molar refractivity (Wildman–Crippen MR) is 49.8 cm³/mol. The standard InChI is InChI=1S/C10H10FNO2/c11-8-2-1-3-9-7(8)4-6(12-9)5-10(13)14/h1-3,6,12H,4-5H2,(H,13,14). The van der Waals surface area contributed by atoms with E-state index in [0.29, 0.717) is 12.0 Å². The van der Waals surface area contributed by atoms with Crippen molar-refractivity contribution in [3.8, 4) is 0 Å². The Hall–Kier alpha value is -1.58. The van der Waals surface area contributed by atoms with Gasteiger partial charge in [0, 0.05) is 17.3 Å². The molecule has 3 nitrogen and oxygen atoms in total. The minimum Gasteiger partial charge on any atom is -0.481 e. The summed E-state index contributed by atoms with van der Waals surface area (Å²) < 4.78 is 13.2. The Morgan fingerprint density at radius 1 is 1.64 bits per heavy atom. The molecule has 1 aliphatic heterocycles. The summed E-state index contributed by atoms with van der Waals surface area (Å²) >= 11 is 0. The molecule has 0 saturated heterocycles. The van der Waals surface area contributed by atoms with Crippen LogP contribution in [0, 0.1) is 5.82 Å². The summed E-state index contributed by atoms with van der Waals surface area (Å²) in [6.45, 7) is 0. The fraction of sp³-hybridized carbons (Fsp3) is 0.300. The lowest BCUT2D eigenvalue weighted by Crippen LogP contribution is -2.19. The van der Waals surface area contributed by atoms with Gasteiger partial charge in [-0.15, -0.1) is 0 Å². The number of fused-ring (bicyclic) bond motifs is 1. The number of carboxylic acids is 1. The number of hydrogen-bond acceptors (Lipinski definition) is 2. The Morgan fingerprint density at radius 3 is 3.07 bits per heavy atom. The molecule has 14 heavy (non-hydrogen) atoms. The highest BCUT2D eigenvalue weighted by atomic mass is 19.1. The lowest BCUT2D eigenvalue weighted by Gasteiger charge is -2.06. The molecule has 0 fully saturated rings. The van der Waals surface area contributed by atoms with Gasteiger partial charge in [0.25, 0.3) is 0 Å². The minimum absolute atomic E-state index is 0.0219. The molecule has 0 spiro atoms. The number of rotatable bonds is 2. The van der Waals surface area contributed by atoms with Crippen molar-refractivity contribution in [3.05, 3.63) is 29.6 Å². The van der Waals surface area contributed by atoms with Crippen molar-refractivity contribution in [1.82, 2.24) is 0 Å². The number of hydrogen-bond donors (Lipinski definition) is 2. The van der Waals surface area contributed by atoms with Gasteiger partial charge in [-0.3, -0.25) is 4.79 Å². The van der Waals surface area contributed by atoms with Crippen molar-refractivity contribution >= 4 is 11.7 Å². The molecule has 1 atom stereocenters. The van der Waals surface area contributed by atoms with Gasteiger partial charge >= 0.3 is 5.97 Å². The van der Waals surface area contributed by atoms with E-state index in [1.54, 1.807) is 12.1 Å². The maximum atomic E-state index is 13.2. The zero-order valence-electron chi connectivity index (χ0n) is 7.46. The van der Waals surface area contributed by atoms with Crippen LogP contribution in [0.3, 0.4) is 0 Å². The molecule has 0 radical (unpaired) electrons. The van der Waals surface area contributed by atoms with Crippen LogP contribution in [0.15, 0.2) is 18.2 Å². The van der Waals surface area contributed by atoms with E-state index in [1.165, 1.54) is 6.07 Å². The van der Waals surface area contributed by atoms with Gasteiger partial charge in [0.1, 0.15) is 5.82 Å². The van der Waals surface area contributed by atoms with Gasteiger partial charge in [-0.25, -0.2) is 4.39 Å². The Kier molecular flexibility index (Phi) is 2.11. The van der Waals surface area contributed by atoms with Gasteiger partial charge in [-0.1, -0.05) is 6.07 Å². The van der Waals surface area contributed by atoms with Crippen LogP contribution < -0.4 is 5.32 Å². The van der Waals surface area contributed by atoms with E-state index in [-0.39, 0.29) is 18.3 Å². The van der Waals surface area contributed by atoms with Crippen LogP contribution in [-0.4, -0.2) is 17.1 Å². The van der Waals surface area contributed by atoms with Crippen molar-refractivity contribution in [1.29, 1.82) is 0 Å². The third kappa shape index (κ3) is 1.55. The van der Waals surface area contributed by atoms with Crippen molar-refractivity contribution in [2.45, 2.75) is 18.9 Å². The second kappa shape index (κ2) is 3.29. The van der Waals surface area contributed by atoms with Crippen LogP contribution in [0.4, 0.5) is 10.1 Å². The first-order valence-electron chi connectivity index (χ1n) is 4.42. The monoisotopic (exact) mass is 195 g/mol. The van der Waals surface area contributed by atoms with E-state index in [0.717, 1.165) is 5.69 Å². The summed E-state index contributed by atoms with van der Waals surface area (Å²) in [6.07, 6.45) is 0.475. The van der Waals surface area contributed by atoms with Crippen LogP contribution in [0.25, 0.3) is 0 Å². The molecule has 1 heterocycles. The lowest BCUT2D eigenvalue weighted by atomic mass is 10.1. The summed E-state index contributed by atoms with van der Waals surface area (Å²) in [4.78, 5) is 10.5. The Bertz CT molecular complexity index is 378. The molecule has 0 bridgehead atoms. The molecule has 4 heteroatoms. The summed E-state index contributed by atoms with van der Waals surface area (Å²) in [7, 11) is 0. The van der Waals surface area contributed by atoms with Gasteiger partial charge in [-0.05, 0) is 18.6 Å². The normalized spacial score (nSPS) is 18.8.